The number of phenols is 1. The molecule has 10 heteroatoms. The Balaban J connectivity index is 0.000000304. The maximum atomic E-state index is 12.5. The second-order valence-corrected chi connectivity index (χ2v) is 8.05. The van der Waals surface area contributed by atoms with Gasteiger partial charge in [0.1, 0.15) is 12.3 Å². The number of nitrogens with one attached hydrogen (secondary N) is 2. The highest BCUT2D eigenvalue weighted by Gasteiger charge is 2.12. The predicted octanol–water partition coefficient (Wildman–Crippen LogP) is 2.10. The summed E-state index contributed by atoms with van der Waals surface area (Å²) in [4.78, 5) is 27.6. The first-order valence-electron chi connectivity index (χ1n) is 11.5. The standard InChI is InChI=1S/C21H17N3O3.C6H6O.CH5N3/c25-20(23-11-14-4-3-5-15(10-14)21(26)27)13-24-18-7-2-1-6-16(18)17-8-9-22-12-19(17)24;7-6-4-2-1-3-5-6;2-1(3)4/h1-10,12H,11,13H2,(H,23,25)(H,26,27);1-5,7H;(H5,2,3,4)/p-1. The van der Waals surface area contributed by atoms with Gasteiger partial charge in [0.05, 0.1) is 17.7 Å². The molecule has 0 atom stereocenters. The molecule has 10 nitrogen and oxygen atoms in total. The number of carboxylic acids is 1. The van der Waals surface area contributed by atoms with E-state index in [4.69, 9.17) is 10.5 Å². The van der Waals surface area contributed by atoms with Crippen molar-refractivity contribution in [2.75, 3.05) is 0 Å². The molecule has 0 aliphatic carbocycles. The molecule has 194 valence electrons. The van der Waals surface area contributed by atoms with Crippen molar-refractivity contribution in [3.63, 3.8) is 0 Å². The zero-order valence-electron chi connectivity index (χ0n) is 20.4. The molecule has 0 aliphatic rings. The molecule has 5 aromatic rings. The molecule has 0 unspecified atom stereocenters. The van der Waals surface area contributed by atoms with Crippen LogP contribution in [0.3, 0.4) is 0 Å². The number of fused-ring (bicyclic) bond motifs is 3. The van der Waals surface area contributed by atoms with E-state index in [1.165, 1.54) is 12.1 Å². The van der Waals surface area contributed by atoms with E-state index in [9.17, 15) is 14.7 Å². The number of hydrogen-bond acceptors (Lipinski definition) is 6. The van der Waals surface area contributed by atoms with Crippen molar-refractivity contribution in [2.45, 2.75) is 13.1 Å². The largest absolute Gasteiger partial charge is 0.545 e. The van der Waals surface area contributed by atoms with Crippen LogP contribution in [0, 0.1) is 5.41 Å². The highest BCUT2D eigenvalue weighted by molar-refractivity contribution is 6.08. The van der Waals surface area contributed by atoms with Crippen LogP contribution in [0.5, 0.6) is 5.75 Å². The lowest BCUT2D eigenvalue weighted by Crippen LogP contribution is -2.27. The van der Waals surface area contributed by atoms with Crippen LogP contribution in [0.15, 0.2) is 97.3 Å². The van der Waals surface area contributed by atoms with Gasteiger partial charge in [0.25, 0.3) is 0 Å². The Bertz CT molecular complexity index is 1490. The Morgan fingerprint density at radius 3 is 2.24 bits per heavy atom. The number of rotatable bonds is 5. The van der Waals surface area contributed by atoms with E-state index in [0.29, 0.717) is 11.3 Å². The topological polar surface area (TPSA) is 183 Å². The quantitative estimate of drug-likeness (QED) is 0.177. The lowest BCUT2D eigenvalue weighted by Gasteiger charge is -2.10. The number of benzene rings is 3. The second-order valence-electron chi connectivity index (χ2n) is 8.05. The lowest BCUT2D eigenvalue weighted by atomic mass is 10.1. The highest BCUT2D eigenvalue weighted by Crippen LogP contribution is 2.27. The molecule has 2 aromatic heterocycles. The van der Waals surface area contributed by atoms with Gasteiger partial charge in [0.2, 0.25) is 5.91 Å². The number of nitrogens with two attached hydrogens (primary N) is 2. The maximum absolute atomic E-state index is 12.5. The summed E-state index contributed by atoms with van der Waals surface area (Å²) in [5.41, 5.74) is 11.6. The van der Waals surface area contributed by atoms with Crippen molar-refractivity contribution >= 4 is 39.6 Å². The van der Waals surface area contributed by atoms with Crippen molar-refractivity contribution < 1.29 is 19.8 Å². The molecule has 0 saturated heterocycles. The van der Waals surface area contributed by atoms with Crippen LogP contribution in [0.4, 0.5) is 0 Å². The summed E-state index contributed by atoms with van der Waals surface area (Å²) >= 11 is 0. The summed E-state index contributed by atoms with van der Waals surface area (Å²) in [5.74, 6) is -1.41. The molecule has 1 amide bonds. The van der Waals surface area contributed by atoms with Crippen LogP contribution in [0.2, 0.25) is 0 Å². The van der Waals surface area contributed by atoms with E-state index in [2.05, 4.69) is 21.8 Å². The number of carboxylic acid groups (broad SMARTS) is 1. The van der Waals surface area contributed by atoms with Crippen LogP contribution in [-0.4, -0.2) is 32.5 Å². The Hall–Kier alpha value is -5.38. The summed E-state index contributed by atoms with van der Waals surface area (Å²) in [6.45, 7) is 0.394. The van der Waals surface area contributed by atoms with E-state index in [1.807, 2.05) is 41.0 Å². The first-order valence-corrected chi connectivity index (χ1v) is 11.5. The van der Waals surface area contributed by atoms with Crippen LogP contribution >= 0.6 is 0 Å². The Labute approximate surface area is 218 Å². The number of aromatic nitrogens is 2. The maximum Gasteiger partial charge on any atom is 0.240 e. The molecule has 0 bridgehead atoms. The molecule has 0 spiro atoms. The minimum atomic E-state index is -1.24. The minimum Gasteiger partial charge on any atom is -0.545 e. The normalized spacial score (nSPS) is 10.0. The molecule has 2 heterocycles. The number of amides is 1. The van der Waals surface area contributed by atoms with Crippen molar-refractivity contribution in [1.29, 1.82) is 5.41 Å². The number of nitrogens with zero attached hydrogens (tertiary/aromatic N) is 2. The Kier molecular flexibility index (Phi) is 9.36. The monoisotopic (exact) mass is 511 g/mol. The van der Waals surface area contributed by atoms with Gasteiger partial charge in [-0.05, 0) is 41.5 Å². The van der Waals surface area contributed by atoms with E-state index in [-0.39, 0.29) is 30.5 Å². The molecule has 0 fully saturated rings. The van der Waals surface area contributed by atoms with Gasteiger partial charge >= 0.3 is 0 Å². The first-order chi connectivity index (χ1) is 18.3. The average molecular weight is 512 g/mol. The molecule has 3 aromatic carbocycles. The van der Waals surface area contributed by atoms with Crippen LogP contribution in [-0.2, 0) is 17.9 Å². The summed E-state index contributed by atoms with van der Waals surface area (Å²) in [6, 6.07) is 24.9. The zero-order valence-corrected chi connectivity index (χ0v) is 20.4. The van der Waals surface area contributed by atoms with E-state index in [1.54, 1.807) is 48.8 Å². The van der Waals surface area contributed by atoms with Crippen molar-refractivity contribution in [3.8, 4) is 5.75 Å². The minimum absolute atomic E-state index is 0.0928. The number of para-hydroxylation sites is 2. The number of aromatic hydroxyl groups is 1. The Morgan fingerprint density at radius 1 is 0.921 bits per heavy atom. The summed E-state index contributed by atoms with van der Waals surface area (Å²) < 4.78 is 1.94. The lowest BCUT2D eigenvalue weighted by molar-refractivity contribution is -0.255. The van der Waals surface area contributed by atoms with Gasteiger partial charge in [0.15, 0.2) is 5.96 Å². The average Bonchev–Trinajstić information content (AvgIpc) is 3.22. The van der Waals surface area contributed by atoms with Crippen molar-refractivity contribution in [1.82, 2.24) is 14.9 Å². The third-order valence-electron chi connectivity index (χ3n) is 5.29. The first kappa shape index (κ1) is 27.2. The van der Waals surface area contributed by atoms with Crippen molar-refractivity contribution in [2.24, 2.45) is 11.5 Å². The molecule has 0 radical (unpaired) electrons. The molecule has 38 heavy (non-hydrogen) atoms. The van der Waals surface area contributed by atoms with Gasteiger partial charge in [-0.25, -0.2) is 0 Å². The number of hydrogen-bond donors (Lipinski definition) is 5. The molecule has 0 saturated carbocycles. The van der Waals surface area contributed by atoms with E-state index >= 15 is 0 Å². The van der Waals surface area contributed by atoms with E-state index in [0.717, 1.165) is 21.8 Å². The zero-order chi connectivity index (χ0) is 27.5. The predicted molar refractivity (Wildman–Crippen MR) is 144 cm³/mol. The number of aromatic carboxylic acids is 1. The second kappa shape index (κ2) is 13.1. The number of carbonyl (C=O) groups is 2. The highest BCUT2D eigenvalue weighted by atomic mass is 16.4. The number of pyridine rings is 1. The SMILES string of the molecule is N=C(N)N.O=C(Cn1c2ccccc2c2ccncc21)NCc1cccc(C(=O)[O-])c1.Oc1ccccc1. The fourth-order valence-corrected chi connectivity index (χ4v) is 3.70. The fourth-order valence-electron chi connectivity index (χ4n) is 3.70. The molecule has 0 aliphatic heterocycles. The van der Waals surface area contributed by atoms with Gasteiger partial charge in [0, 0.05) is 29.0 Å². The van der Waals surface area contributed by atoms with Gasteiger partial charge in [-0.3, -0.25) is 15.2 Å². The van der Waals surface area contributed by atoms with Gasteiger partial charge in [-0.2, -0.15) is 0 Å². The molecular weight excluding hydrogens is 484 g/mol. The van der Waals surface area contributed by atoms with E-state index < -0.39 is 5.97 Å². The van der Waals surface area contributed by atoms with Gasteiger partial charge in [-0.1, -0.05) is 54.6 Å². The fraction of sp³-hybridized carbons (Fsp3) is 0.0714. The van der Waals surface area contributed by atoms with Gasteiger partial charge in [-0.15, -0.1) is 0 Å². The molecule has 7 N–H and O–H groups in total. The smallest absolute Gasteiger partial charge is 0.240 e. The third kappa shape index (κ3) is 7.56. The summed E-state index contributed by atoms with van der Waals surface area (Å²) in [5, 5.41) is 30.6. The summed E-state index contributed by atoms with van der Waals surface area (Å²) in [7, 11) is 0. The van der Waals surface area contributed by atoms with Crippen LogP contribution in [0.25, 0.3) is 21.8 Å². The number of phenolic OH excluding ortho intramolecular Hbond substituents is 1. The third-order valence-corrected chi connectivity index (χ3v) is 5.29. The van der Waals surface area contributed by atoms with Crippen LogP contribution in [0.1, 0.15) is 15.9 Å². The Morgan fingerprint density at radius 2 is 1.58 bits per heavy atom. The summed E-state index contributed by atoms with van der Waals surface area (Å²) in [6.07, 6.45) is 3.50. The number of carbonyl (C=O) groups excluding carboxylic acids is 2. The van der Waals surface area contributed by atoms with Gasteiger partial charge < -0.3 is 36.4 Å². The molecular formula is C28H27N6O4-. The van der Waals surface area contributed by atoms with Crippen LogP contribution < -0.4 is 21.9 Å². The molecule has 5 rings (SSSR count). The van der Waals surface area contributed by atoms with Crippen molar-refractivity contribution in [3.05, 3.63) is 108 Å². The number of guanidine groups is 1.